The van der Waals surface area contributed by atoms with E-state index in [1.165, 1.54) is 65.0 Å². The van der Waals surface area contributed by atoms with Gasteiger partial charge in [-0.05, 0) is 82.7 Å². The van der Waals surface area contributed by atoms with E-state index in [0.29, 0.717) is 18.8 Å². The van der Waals surface area contributed by atoms with Crippen LogP contribution in [0.1, 0.15) is 57.8 Å². The zero-order valence-corrected chi connectivity index (χ0v) is 22.0. The van der Waals surface area contributed by atoms with E-state index in [4.69, 9.17) is 4.74 Å². The maximum absolute atomic E-state index is 12.9. The highest BCUT2D eigenvalue weighted by Gasteiger charge is 2.41. The quantitative estimate of drug-likeness (QED) is 0.523. The first kappa shape index (κ1) is 25.4. The summed E-state index contributed by atoms with van der Waals surface area (Å²) in [5.41, 5.74) is 0. The Morgan fingerprint density at radius 1 is 0.941 bits per heavy atom. The van der Waals surface area contributed by atoms with Crippen molar-refractivity contribution in [2.24, 2.45) is 11.8 Å². The number of hydrogen-bond acceptors (Lipinski definition) is 7. The largest absolute Gasteiger partial charge is 0.381 e. The van der Waals surface area contributed by atoms with Gasteiger partial charge in [0.1, 0.15) is 0 Å². The molecule has 5 saturated heterocycles. The molecule has 6 aliphatic rings. The Bertz CT molecular complexity index is 746. The number of ether oxygens (including phenoxy) is 1. The standard InChI is InChI=1S/C25H47N5O3S/c1-33-23-5-7-24(8-6-23)34(31,32)27-17-22-16-20-9-11-30(22)19-21(20)18-28-12-14-29(15-13-28)25-4-2-3-10-26-25/h20-27H,2-19H2,1H3/t20-,21+,22+,23?,24?,25?/m1/s1. The summed E-state index contributed by atoms with van der Waals surface area (Å²) in [6, 6.07) is 0.370. The van der Waals surface area contributed by atoms with Gasteiger partial charge < -0.3 is 15.0 Å². The van der Waals surface area contributed by atoms with Gasteiger partial charge in [0.05, 0.1) is 17.5 Å². The molecule has 6 rings (SSSR count). The molecule has 5 heterocycles. The van der Waals surface area contributed by atoms with Crippen LogP contribution < -0.4 is 10.0 Å². The number of piperazine rings is 1. The third kappa shape index (κ3) is 5.98. The van der Waals surface area contributed by atoms with Crippen LogP contribution in [-0.4, -0.2) is 113 Å². The smallest absolute Gasteiger partial charge is 0.214 e. The number of hydrogen-bond donors (Lipinski definition) is 2. The maximum atomic E-state index is 12.9. The summed E-state index contributed by atoms with van der Waals surface area (Å²) in [6.07, 6.45) is 10.4. The van der Waals surface area contributed by atoms with Crippen LogP contribution in [0, 0.1) is 11.8 Å². The molecule has 2 bridgehead atoms. The predicted molar refractivity (Wildman–Crippen MR) is 135 cm³/mol. The zero-order valence-electron chi connectivity index (χ0n) is 21.2. The third-order valence-electron chi connectivity index (χ3n) is 9.55. The number of sulfonamides is 1. The molecule has 5 aliphatic heterocycles. The van der Waals surface area contributed by atoms with Crippen LogP contribution in [0.15, 0.2) is 0 Å². The van der Waals surface area contributed by atoms with Crippen LogP contribution in [0.25, 0.3) is 0 Å². The van der Waals surface area contributed by atoms with Crippen LogP contribution >= 0.6 is 0 Å². The lowest BCUT2D eigenvalue weighted by molar-refractivity contribution is -0.0199. The maximum Gasteiger partial charge on any atom is 0.214 e. The average Bonchev–Trinajstić information content (AvgIpc) is 2.89. The van der Waals surface area contributed by atoms with Crippen molar-refractivity contribution >= 4 is 10.0 Å². The Kier molecular flexibility index (Phi) is 8.51. The van der Waals surface area contributed by atoms with Crippen LogP contribution in [0.5, 0.6) is 0 Å². The van der Waals surface area contributed by atoms with Gasteiger partial charge in [-0.2, -0.15) is 0 Å². The van der Waals surface area contributed by atoms with Crippen molar-refractivity contribution in [1.82, 2.24) is 24.7 Å². The fraction of sp³-hybridized carbons (Fsp3) is 1.00. The van der Waals surface area contributed by atoms with Crippen LogP contribution in [0.4, 0.5) is 0 Å². The Hall–Kier alpha value is -0.290. The lowest BCUT2D eigenvalue weighted by atomic mass is 9.75. The molecule has 0 aromatic carbocycles. The van der Waals surface area contributed by atoms with E-state index in [2.05, 4.69) is 24.7 Å². The Labute approximate surface area is 207 Å². The van der Waals surface area contributed by atoms with Crippen molar-refractivity contribution in [2.75, 3.05) is 66.0 Å². The molecule has 5 atom stereocenters. The van der Waals surface area contributed by atoms with E-state index in [1.54, 1.807) is 7.11 Å². The number of nitrogens with one attached hydrogen (secondary N) is 2. The lowest BCUT2D eigenvalue weighted by Gasteiger charge is -2.51. The first-order chi connectivity index (χ1) is 16.5. The van der Waals surface area contributed by atoms with Gasteiger partial charge in [0.15, 0.2) is 0 Å². The summed E-state index contributed by atoms with van der Waals surface area (Å²) < 4.78 is 34.2. The zero-order chi connectivity index (χ0) is 23.5. The topological polar surface area (TPSA) is 77.2 Å². The Morgan fingerprint density at radius 2 is 1.74 bits per heavy atom. The molecule has 2 N–H and O–H groups in total. The number of rotatable bonds is 8. The fourth-order valence-electron chi connectivity index (χ4n) is 7.31. The lowest BCUT2D eigenvalue weighted by Crippen LogP contribution is -2.60. The summed E-state index contributed by atoms with van der Waals surface area (Å²) in [5.74, 6) is 1.49. The number of fused-ring (bicyclic) bond motifs is 3. The molecule has 0 amide bonds. The van der Waals surface area contributed by atoms with E-state index >= 15 is 0 Å². The summed E-state index contributed by atoms with van der Waals surface area (Å²) in [5, 5.41) is 3.46. The van der Waals surface area contributed by atoms with Gasteiger partial charge in [-0.1, -0.05) is 0 Å². The van der Waals surface area contributed by atoms with Gasteiger partial charge in [0, 0.05) is 59.0 Å². The van der Waals surface area contributed by atoms with Crippen molar-refractivity contribution in [3.05, 3.63) is 0 Å². The second kappa shape index (κ2) is 11.4. The molecule has 9 heteroatoms. The van der Waals surface area contributed by atoms with Gasteiger partial charge >= 0.3 is 0 Å². The molecule has 196 valence electrons. The highest BCUT2D eigenvalue weighted by Crippen LogP contribution is 2.37. The summed E-state index contributed by atoms with van der Waals surface area (Å²) in [7, 11) is -1.50. The van der Waals surface area contributed by atoms with E-state index in [-0.39, 0.29) is 11.4 Å². The van der Waals surface area contributed by atoms with Gasteiger partial charge in [-0.3, -0.25) is 9.80 Å². The molecule has 0 radical (unpaired) electrons. The molecule has 34 heavy (non-hydrogen) atoms. The van der Waals surface area contributed by atoms with E-state index in [9.17, 15) is 8.42 Å². The summed E-state index contributed by atoms with van der Waals surface area (Å²) in [4.78, 5) is 7.94. The second-order valence-electron chi connectivity index (χ2n) is 11.5. The molecule has 8 nitrogen and oxygen atoms in total. The molecule has 0 aromatic rings. The van der Waals surface area contributed by atoms with Gasteiger partial charge in [0.25, 0.3) is 0 Å². The fourth-order valence-corrected chi connectivity index (χ4v) is 8.86. The number of piperidine rings is 4. The average molecular weight is 498 g/mol. The highest BCUT2D eigenvalue weighted by molar-refractivity contribution is 7.90. The Balaban J connectivity index is 1.05. The SMILES string of the molecule is COC1CCC(S(=O)(=O)NC[C@@H]2C[C@H]3CCN2C[C@@H]3CN2CCN(C3CCCCN3)CC2)CC1. The van der Waals surface area contributed by atoms with Gasteiger partial charge in [-0.15, -0.1) is 0 Å². The van der Waals surface area contributed by atoms with E-state index in [0.717, 1.165) is 57.0 Å². The minimum atomic E-state index is -3.23. The predicted octanol–water partition coefficient (Wildman–Crippen LogP) is 1.29. The van der Waals surface area contributed by atoms with Crippen molar-refractivity contribution in [2.45, 2.75) is 81.3 Å². The van der Waals surface area contributed by atoms with Crippen molar-refractivity contribution in [1.29, 1.82) is 0 Å². The van der Waals surface area contributed by atoms with Crippen LogP contribution in [0.3, 0.4) is 0 Å². The Morgan fingerprint density at radius 3 is 2.38 bits per heavy atom. The summed E-state index contributed by atoms with van der Waals surface area (Å²) >= 11 is 0. The van der Waals surface area contributed by atoms with E-state index < -0.39 is 10.0 Å². The number of methoxy groups -OCH3 is 1. The minimum absolute atomic E-state index is 0.232. The molecule has 1 saturated carbocycles. The first-order valence-corrected chi connectivity index (χ1v) is 15.5. The normalized spacial score (nSPS) is 40.4. The monoisotopic (exact) mass is 497 g/mol. The molecule has 1 aliphatic carbocycles. The number of nitrogens with zero attached hydrogens (tertiary/aromatic N) is 3. The van der Waals surface area contributed by atoms with Crippen molar-refractivity contribution in [3.8, 4) is 0 Å². The molecule has 0 aromatic heterocycles. The van der Waals surface area contributed by atoms with Crippen molar-refractivity contribution < 1.29 is 13.2 Å². The second-order valence-corrected chi connectivity index (χ2v) is 13.6. The molecular formula is C25H47N5O3S. The van der Waals surface area contributed by atoms with E-state index in [1.807, 2.05) is 0 Å². The minimum Gasteiger partial charge on any atom is -0.381 e. The van der Waals surface area contributed by atoms with Crippen LogP contribution in [0.2, 0.25) is 0 Å². The molecule has 2 unspecified atom stereocenters. The van der Waals surface area contributed by atoms with Gasteiger partial charge in [-0.25, -0.2) is 13.1 Å². The molecule has 0 spiro atoms. The highest BCUT2D eigenvalue weighted by atomic mass is 32.2. The molecule has 6 fully saturated rings. The first-order valence-electron chi connectivity index (χ1n) is 14.0. The van der Waals surface area contributed by atoms with Crippen LogP contribution in [-0.2, 0) is 14.8 Å². The summed E-state index contributed by atoms with van der Waals surface area (Å²) in [6.45, 7) is 10.0. The van der Waals surface area contributed by atoms with Crippen molar-refractivity contribution in [3.63, 3.8) is 0 Å². The molecular weight excluding hydrogens is 450 g/mol. The van der Waals surface area contributed by atoms with Gasteiger partial charge in [0.2, 0.25) is 10.0 Å². The third-order valence-corrected chi connectivity index (χ3v) is 11.5.